The normalized spacial score (nSPS) is 28.9. The number of nitrogens with one attached hydrogen (secondary N) is 1. The van der Waals surface area contributed by atoms with Crippen molar-refractivity contribution in [2.45, 2.75) is 61.8 Å². The monoisotopic (exact) mass is 614 g/mol. The van der Waals surface area contributed by atoms with Crippen LogP contribution in [-0.2, 0) is 0 Å². The van der Waals surface area contributed by atoms with E-state index in [0.29, 0.717) is 70.5 Å². The molecule has 2 bridgehead atoms. The van der Waals surface area contributed by atoms with Gasteiger partial charge in [-0.2, -0.15) is 9.97 Å². The molecule has 43 heavy (non-hydrogen) atoms. The average molecular weight is 615 g/mol. The molecule has 3 aromatic heterocycles. The Balaban J connectivity index is 1.22. The van der Waals surface area contributed by atoms with Crippen LogP contribution in [0.2, 0.25) is 0 Å². The molecule has 0 amide bonds. The number of aromatic nitrogens is 4. The number of benzene rings is 1. The summed E-state index contributed by atoms with van der Waals surface area (Å²) in [4.78, 5) is 22.5. The van der Waals surface area contributed by atoms with Gasteiger partial charge in [-0.05, 0) is 50.4 Å². The lowest BCUT2D eigenvalue weighted by atomic mass is 9.95. The highest BCUT2D eigenvalue weighted by Gasteiger charge is 2.52. The molecule has 4 aliphatic heterocycles. The Labute approximate surface area is 248 Å². The molecule has 8 rings (SSSR count). The van der Waals surface area contributed by atoms with Gasteiger partial charge in [0.2, 0.25) is 0 Å². The molecule has 0 saturated carbocycles. The lowest BCUT2D eigenvalue weighted by molar-refractivity contribution is 0.0367. The average Bonchev–Trinajstić information content (AvgIpc) is 3.72. The third-order valence-electron chi connectivity index (χ3n) is 9.62. The van der Waals surface area contributed by atoms with E-state index in [0.717, 1.165) is 30.7 Å². The maximum Gasteiger partial charge on any atom is 0.319 e. The molecular weight excluding hydrogens is 584 g/mol. The number of pyridine rings is 1. The summed E-state index contributed by atoms with van der Waals surface area (Å²) in [6, 6.07) is 4.71. The molecule has 7 heterocycles. The number of nitrogens with zero attached hydrogens (tertiary/aromatic N) is 6. The summed E-state index contributed by atoms with van der Waals surface area (Å²) in [6.07, 6.45) is 1.40. The molecule has 4 unspecified atom stereocenters. The fourth-order valence-electron chi connectivity index (χ4n) is 7.61. The fraction of sp³-hybridized carbons (Fsp3) is 0.517. The highest BCUT2D eigenvalue weighted by Crippen LogP contribution is 2.42. The number of fused-ring (bicyclic) bond motifs is 5. The van der Waals surface area contributed by atoms with Crippen molar-refractivity contribution in [1.29, 1.82) is 0 Å². The van der Waals surface area contributed by atoms with Crippen LogP contribution < -0.4 is 20.7 Å². The number of rotatable bonds is 6. The first kappa shape index (κ1) is 27.2. The van der Waals surface area contributed by atoms with E-state index >= 15 is 0 Å². The molecule has 226 valence electrons. The highest BCUT2D eigenvalue weighted by molar-refractivity contribution is 7.22. The summed E-state index contributed by atoms with van der Waals surface area (Å²) in [7, 11) is 0. The number of anilines is 2. The number of halogens is 4. The summed E-state index contributed by atoms with van der Waals surface area (Å²) in [5, 5.41) is 3.97. The first-order valence-corrected chi connectivity index (χ1v) is 15.4. The van der Waals surface area contributed by atoms with E-state index in [2.05, 4.69) is 20.2 Å². The summed E-state index contributed by atoms with van der Waals surface area (Å²) in [5.41, 5.74) is 6.17. The largest absolute Gasteiger partial charge is 0.461 e. The molecule has 4 saturated heterocycles. The topological polar surface area (TPSA) is 105 Å². The molecule has 9 nitrogen and oxygen atoms in total. The minimum Gasteiger partial charge on any atom is -0.461 e. The molecule has 0 spiro atoms. The van der Waals surface area contributed by atoms with Crippen molar-refractivity contribution in [3.05, 3.63) is 30.2 Å². The minimum absolute atomic E-state index is 0.0758. The molecule has 4 atom stereocenters. The molecule has 4 aromatic rings. The van der Waals surface area contributed by atoms with Crippen LogP contribution >= 0.6 is 11.3 Å². The zero-order valence-corrected chi connectivity index (χ0v) is 24.0. The lowest BCUT2D eigenvalue weighted by Crippen LogP contribution is -2.63. The lowest BCUT2D eigenvalue weighted by Gasteiger charge is -2.41. The van der Waals surface area contributed by atoms with Crippen LogP contribution in [0.5, 0.6) is 6.01 Å². The minimum atomic E-state index is -2.54. The van der Waals surface area contributed by atoms with E-state index in [1.807, 2.05) is 4.90 Å². The molecule has 14 heteroatoms. The number of hydrogen-bond acceptors (Lipinski definition) is 10. The SMILES string of the molecule is Nc1nc2c(-c3cc4nc(OCC56CCCN5CC(F)C6)nc(N5CC6CCC(C(F)F)(C5)N6)c4cn3)ccc(F)c2s1. The molecule has 4 fully saturated rings. The molecule has 3 N–H and O–H groups in total. The highest BCUT2D eigenvalue weighted by atomic mass is 32.1. The van der Waals surface area contributed by atoms with Gasteiger partial charge in [-0.3, -0.25) is 9.88 Å². The Hall–Kier alpha value is -3.36. The van der Waals surface area contributed by atoms with Crippen LogP contribution in [0.1, 0.15) is 32.1 Å². The van der Waals surface area contributed by atoms with Gasteiger partial charge in [-0.1, -0.05) is 11.3 Å². The number of ether oxygens (including phenoxy) is 1. The smallest absolute Gasteiger partial charge is 0.319 e. The van der Waals surface area contributed by atoms with Crippen LogP contribution in [0.4, 0.5) is 28.5 Å². The number of piperazine rings is 1. The van der Waals surface area contributed by atoms with Crippen molar-refractivity contribution in [3.8, 4) is 17.3 Å². The first-order valence-electron chi connectivity index (χ1n) is 14.6. The predicted octanol–water partition coefficient (Wildman–Crippen LogP) is 4.55. The van der Waals surface area contributed by atoms with Crippen molar-refractivity contribution in [2.75, 3.05) is 43.4 Å². The van der Waals surface area contributed by atoms with Crippen LogP contribution in [0.25, 0.3) is 32.4 Å². The zero-order chi connectivity index (χ0) is 29.5. The molecule has 0 radical (unpaired) electrons. The van der Waals surface area contributed by atoms with Gasteiger partial charge in [0, 0.05) is 43.9 Å². The van der Waals surface area contributed by atoms with Crippen LogP contribution in [0.15, 0.2) is 24.4 Å². The second-order valence-electron chi connectivity index (χ2n) is 12.3. The number of hydrogen-bond donors (Lipinski definition) is 2. The first-order chi connectivity index (χ1) is 20.7. The second-order valence-corrected chi connectivity index (χ2v) is 13.4. The second kappa shape index (κ2) is 9.83. The van der Waals surface area contributed by atoms with Crippen LogP contribution in [-0.4, -0.2) is 87.3 Å². The Morgan fingerprint density at radius 1 is 1.19 bits per heavy atom. The van der Waals surface area contributed by atoms with Crippen molar-refractivity contribution in [3.63, 3.8) is 0 Å². The maximum absolute atomic E-state index is 14.5. The maximum atomic E-state index is 14.5. The molecule has 4 aliphatic rings. The van der Waals surface area contributed by atoms with Gasteiger partial charge in [-0.15, -0.1) is 0 Å². The van der Waals surface area contributed by atoms with Gasteiger partial charge >= 0.3 is 6.01 Å². The van der Waals surface area contributed by atoms with Gasteiger partial charge in [-0.25, -0.2) is 22.5 Å². The number of alkyl halides is 3. The Bertz CT molecular complexity index is 1740. The number of thiazole rings is 1. The summed E-state index contributed by atoms with van der Waals surface area (Å²) < 4.78 is 64.1. The van der Waals surface area contributed by atoms with E-state index in [9.17, 15) is 17.6 Å². The van der Waals surface area contributed by atoms with E-state index in [1.165, 1.54) is 6.07 Å². The fourth-order valence-corrected chi connectivity index (χ4v) is 8.37. The van der Waals surface area contributed by atoms with Crippen molar-refractivity contribution in [2.24, 2.45) is 0 Å². The third-order valence-corrected chi connectivity index (χ3v) is 10.5. The van der Waals surface area contributed by atoms with Gasteiger partial charge in [0.1, 0.15) is 24.4 Å². The van der Waals surface area contributed by atoms with Gasteiger partial charge in [0.05, 0.1) is 37.9 Å². The molecule has 0 aliphatic carbocycles. The van der Waals surface area contributed by atoms with Crippen molar-refractivity contribution < 1.29 is 22.3 Å². The van der Waals surface area contributed by atoms with E-state index < -0.39 is 29.5 Å². The molecule has 1 aromatic carbocycles. The number of nitrogens with two attached hydrogens (primary N) is 1. The van der Waals surface area contributed by atoms with Crippen molar-refractivity contribution >= 4 is 43.4 Å². The quantitative estimate of drug-likeness (QED) is 0.303. The summed E-state index contributed by atoms with van der Waals surface area (Å²) in [6.45, 7) is 2.03. The van der Waals surface area contributed by atoms with E-state index in [-0.39, 0.29) is 30.3 Å². The third kappa shape index (κ3) is 4.40. The Morgan fingerprint density at radius 3 is 2.93 bits per heavy atom. The Morgan fingerprint density at radius 2 is 2.07 bits per heavy atom. The van der Waals surface area contributed by atoms with E-state index in [4.69, 9.17) is 20.4 Å². The summed E-state index contributed by atoms with van der Waals surface area (Å²) >= 11 is 1.06. The predicted molar refractivity (Wildman–Crippen MR) is 156 cm³/mol. The van der Waals surface area contributed by atoms with Crippen LogP contribution in [0.3, 0.4) is 0 Å². The van der Waals surface area contributed by atoms with Gasteiger partial charge in [0.15, 0.2) is 5.13 Å². The number of nitrogen functional groups attached to an aromatic ring is 1. The van der Waals surface area contributed by atoms with Gasteiger partial charge in [0.25, 0.3) is 6.43 Å². The summed E-state index contributed by atoms with van der Waals surface area (Å²) in [5.74, 6) is 0.0493. The Kier molecular flexibility index (Phi) is 6.22. The van der Waals surface area contributed by atoms with Gasteiger partial charge < -0.3 is 20.7 Å². The zero-order valence-electron chi connectivity index (χ0n) is 23.2. The van der Waals surface area contributed by atoms with Crippen molar-refractivity contribution in [1.82, 2.24) is 30.2 Å². The van der Waals surface area contributed by atoms with E-state index in [1.54, 1.807) is 18.3 Å². The molecular formula is C29H30F4N8OS. The standard InChI is InChI=1S/C29H30F4N8OS/c30-15-9-28(5-1-7-41(28)11-15)14-42-27-36-21-8-20(17-2-3-19(31)23-22(17)37-26(34)43-23)35-10-18(21)24(38-27)40-12-16-4-6-29(13-40,39-16)25(32)33/h2-3,8,10,15-16,25,39H,1,4-7,9,11-14H2,(H2,34,37). The van der Waals surface area contributed by atoms with Crippen LogP contribution in [0, 0.1) is 5.82 Å².